The van der Waals surface area contributed by atoms with Gasteiger partial charge in [0.25, 0.3) is 0 Å². The summed E-state index contributed by atoms with van der Waals surface area (Å²) < 4.78 is 5.58. The van der Waals surface area contributed by atoms with Crippen molar-refractivity contribution in [2.45, 2.75) is 71.8 Å². The molecular formula is C27H33N3O2. The van der Waals surface area contributed by atoms with Gasteiger partial charge in [0.2, 0.25) is 0 Å². The molecule has 1 aromatic rings. The van der Waals surface area contributed by atoms with Gasteiger partial charge in [0.1, 0.15) is 6.10 Å². The van der Waals surface area contributed by atoms with Crippen LogP contribution < -0.4 is 0 Å². The van der Waals surface area contributed by atoms with Gasteiger partial charge in [-0.1, -0.05) is 61.0 Å². The van der Waals surface area contributed by atoms with E-state index in [-0.39, 0.29) is 22.9 Å². The summed E-state index contributed by atoms with van der Waals surface area (Å²) in [5, 5.41) is 3.99. The first-order valence-corrected chi connectivity index (χ1v) is 12.1. The lowest BCUT2D eigenvalue weighted by Crippen LogP contribution is -2.50. The first-order valence-electron chi connectivity index (χ1n) is 12.1. The standard InChI is InChI=1S/C27H33N3O2/c1-17(31)32-19-12-14-26(2)18(16-19)8-9-20-22-10-11-23(27(22,3)15-13-24(20)26)21-6-4-5-7-25(21)29-30-28/h4-8,11,19-20,22,24H,9-10,12-16H2,1-3H3/t19-,20-,22+,24-,26-,27-/m0/s1. The number of allylic oxidation sites excluding steroid dienone is 3. The Bertz CT molecular complexity index is 1050. The molecule has 0 bridgehead atoms. The molecule has 0 heterocycles. The summed E-state index contributed by atoms with van der Waals surface area (Å²) in [6.45, 7) is 6.44. The number of carbonyl (C=O) groups is 1. The van der Waals surface area contributed by atoms with Crippen LogP contribution >= 0.6 is 0 Å². The van der Waals surface area contributed by atoms with Crippen LogP contribution in [-0.2, 0) is 9.53 Å². The molecule has 5 rings (SSSR count). The van der Waals surface area contributed by atoms with Crippen molar-refractivity contribution in [1.29, 1.82) is 0 Å². The van der Waals surface area contributed by atoms with Crippen molar-refractivity contribution in [1.82, 2.24) is 0 Å². The molecule has 4 aliphatic carbocycles. The molecule has 168 valence electrons. The lowest BCUT2D eigenvalue weighted by molar-refractivity contribution is -0.148. The highest BCUT2D eigenvalue weighted by Crippen LogP contribution is 2.66. The molecule has 0 N–H and O–H groups in total. The maximum absolute atomic E-state index is 11.5. The highest BCUT2D eigenvalue weighted by atomic mass is 16.5. The molecule has 0 saturated heterocycles. The monoisotopic (exact) mass is 431 g/mol. The SMILES string of the molecule is CC(=O)O[C@H]1CC[C@@]2(C)C(=CC[C@H]3[C@H]4CC=C(c5ccccc5N=[N+]=[N-])[C@@]4(C)CC[C@@H]32)C1. The van der Waals surface area contributed by atoms with Crippen molar-refractivity contribution in [2.75, 3.05) is 0 Å². The fourth-order valence-electron chi connectivity index (χ4n) is 7.78. The first-order chi connectivity index (χ1) is 15.4. The van der Waals surface area contributed by atoms with Gasteiger partial charge in [-0.05, 0) is 83.8 Å². The Kier molecular flexibility index (Phi) is 5.21. The van der Waals surface area contributed by atoms with Crippen molar-refractivity contribution in [3.8, 4) is 0 Å². The highest BCUT2D eigenvalue weighted by Gasteiger charge is 2.57. The lowest BCUT2D eigenvalue weighted by Gasteiger charge is -2.58. The Morgan fingerprint density at radius 1 is 1.09 bits per heavy atom. The van der Waals surface area contributed by atoms with Gasteiger partial charge in [0, 0.05) is 23.9 Å². The molecular weight excluding hydrogens is 398 g/mol. The highest BCUT2D eigenvalue weighted by molar-refractivity contribution is 5.79. The molecule has 5 heteroatoms. The van der Waals surface area contributed by atoms with Gasteiger partial charge in [-0.15, -0.1) is 0 Å². The Balaban J connectivity index is 1.43. The Morgan fingerprint density at radius 3 is 2.66 bits per heavy atom. The smallest absolute Gasteiger partial charge is 0.302 e. The Morgan fingerprint density at radius 2 is 1.88 bits per heavy atom. The van der Waals surface area contributed by atoms with Crippen LogP contribution in [0.5, 0.6) is 0 Å². The maximum atomic E-state index is 11.5. The second kappa shape index (κ2) is 7.81. The summed E-state index contributed by atoms with van der Waals surface area (Å²) >= 11 is 0. The molecule has 0 unspecified atom stereocenters. The van der Waals surface area contributed by atoms with Crippen molar-refractivity contribution in [3.05, 3.63) is 58.0 Å². The average molecular weight is 432 g/mol. The van der Waals surface area contributed by atoms with E-state index in [4.69, 9.17) is 10.3 Å². The average Bonchev–Trinajstić information content (AvgIpc) is 3.11. The van der Waals surface area contributed by atoms with Crippen LogP contribution in [0, 0.1) is 28.6 Å². The largest absolute Gasteiger partial charge is 0.462 e. The zero-order valence-corrected chi connectivity index (χ0v) is 19.4. The van der Waals surface area contributed by atoms with Crippen molar-refractivity contribution >= 4 is 17.2 Å². The van der Waals surface area contributed by atoms with Gasteiger partial charge in [0.15, 0.2) is 0 Å². The molecule has 0 amide bonds. The molecule has 32 heavy (non-hydrogen) atoms. The number of rotatable bonds is 3. The topological polar surface area (TPSA) is 75.1 Å². The third-order valence-electron chi connectivity index (χ3n) is 9.32. The third kappa shape index (κ3) is 3.21. The van der Waals surface area contributed by atoms with Gasteiger partial charge >= 0.3 is 5.97 Å². The number of hydrogen-bond acceptors (Lipinski definition) is 3. The zero-order valence-electron chi connectivity index (χ0n) is 19.4. The molecule has 1 aromatic carbocycles. The van der Waals surface area contributed by atoms with E-state index in [0.717, 1.165) is 43.4 Å². The van der Waals surface area contributed by atoms with Crippen molar-refractivity contribution in [2.24, 2.45) is 33.7 Å². The molecule has 5 nitrogen and oxygen atoms in total. The minimum atomic E-state index is -0.160. The van der Waals surface area contributed by atoms with E-state index in [1.807, 2.05) is 18.2 Å². The summed E-state index contributed by atoms with van der Waals surface area (Å²) in [7, 11) is 0. The number of ether oxygens (including phenoxy) is 1. The predicted molar refractivity (Wildman–Crippen MR) is 126 cm³/mol. The third-order valence-corrected chi connectivity index (χ3v) is 9.32. The van der Waals surface area contributed by atoms with Gasteiger partial charge in [-0.2, -0.15) is 0 Å². The first kappa shape index (κ1) is 21.3. The fraction of sp³-hybridized carbons (Fsp3) is 0.593. The normalized spacial score (nSPS) is 37.7. The molecule has 0 spiro atoms. The van der Waals surface area contributed by atoms with Crippen LogP contribution in [0.3, 0.4) is 0 Å². The van der Waals surface area contributed by atoms with Crippen LogP contribution in [-0.4, -0.2) is 12.1 Å². The molecule has 0 radical (unpaired) electrons. The number of benzene rings is 1. The van der Waals surface area contributed by atoms with Gasteiger partial charge in [-0.3, -0.25) is 4.79 Å². The van der Waals surface area contributed by atoms with Crippen LogP contribution in [0.15, 0.2) is 47.1 Å². The van der Waals surface area contributed by atoms with E-state index in [1.54, 1.807) is 0 Å². The van der Waals surface area contributed by atoms with Gasteiger partial charge < -0.3 is 4.74 Å². The van der Waals surface area contributed by atoms with E-state index < -0.39 is 0 Å². The van der Waals surface area contributed by atoms with Gasteiger partial charge in [0.05, 0.1) is 0 Å². The summed E-state index contributed by atoms with van der Waals surface area (Å²) in [5.74, 6) is 1.83. The zero-order chi connectivity index (χ0) is 22.5. The Hall–Kier alpha value is -2.52. The summed E-state index contributed by atoms with van der Waals surface area (Å²) in [5.41, 5.74) is 14.2. The number of esters is 1. The second-order valence-corrected chi connectivity index (χ2v) is 10.7. The molecule has 0 aliphatic heterocycles. The molecule has 2 fully saturated rings. The number of carbonyl (C=O) groups excluding carboxylic acids is 1. The van der Waals surface area contributed by atoms with E-state index in [1.165, 1.54) is 30.9 Å². The maximum Gasteiger partial charge on any atom is 0.302 e. The van der Waals surface area contributed by atoms with Crippen LogP contribution in [0.1, 0.15) is 71.3 Å². The fourth-order valence-corrected chi connectivity index (χ4v) is 7.78. The van der Waals surface area contributed by atoms with Crippen LogP contribution in [0.2, 0.25) is 0 Å². The van der Waals surface area contributed by atoms with Gasteiger partial charge in [-0.25, -0.2) is 0 Å². The summed E-state index contributed by atoms with van der Waals surface area (Å²) in [6, 6.07) is 8.04. The molecule has 4 aliphatic rings. The van der Waals surface area contributed by atoms with Crippen molar-refractivity contribution < 1.29 is 9.53 Å². The number of fused-ring (bicyclic) bond motifs is 5. The molecule has 2 saturated carbocycles. The number of azide groups is 1. The molecule has 6 atom stereocenters. The van der Waals surface area contributed by atoms with E-state index in [9.17, 15) is 4.79 Å². The number of hydrogen-bond donors (Lipinski definition) is 0. The Labute approximate surface area is 190 Å². The van der Waals surface area contributed by atoms with Crippen LogP contribution in [0.4, 0.5) is 5.69 Å². The summed E-state index contributed by atoms with van der Waals surface area (Å²) in [6.07, 6.45) is 12.6. The van der Waals surface area contributed by atoms with Crippen molar-refractivity contribution in [3.63, 3.8) is 0 Å². The van der Waals surface area contributed by atoms with E-state index in [0.29, 0.717) is 17.8 Å². The minimum absolute atomic E-state index is 0.0502. The summed E-state index contributed by atoms with van der Waals surface area (Å²) in [4.78, 5) is 14.5. The quantitative estimate of drug-likeness (QED) is 0.163. The van der Waals surface area contributed by atoms with Crippen LogP contribution in [0.25, 0.3) is 16.0 Å². The van der Waals surface area contributed by atoms with E-state index in [2.05, 4.69) is 42.1 Å². The number of nitrogens with zero attached hydrogens (tertiary/aromatic N) is 3. The molecule has 0 aromatic heterocycles. The minimum Gasteiger partial charge on any atom is -0.462 e. The predicted octanol–water partition coefficient (Wildman–Crippen LogP) is 7.52. The second-order valence-electron chi connectivity index (χ2n) is 10.7. The van der Waals surface area contributed by atoms with E-state index >= 15 is 0 Å². The lowest BCUT2D eigenvalue weighted by atomic mass is 9.47.